The molecule has 0 aliphatic heterocycles. The second-order valence-electron chi connectivity index (χ2n) is 5.13. The van der Waals surface area contributed by atoms with Crippen LogP contribution in [0.4, 0.5) is 0 Å². The maximum Gasteiger partial charge on any atom is 0.337 e. The smallest absolute Gasteiger partial charge is 0.337 e. The topological polar surface area (TPSA) is 81.7 Å². The molecule has 0 bridgehead atoms. The average molecular weight is 384 g/mol. The number of hydrogen-bond donors (Lipinski definition) is 1. The fourth-order valence-corrected chi connectivity index (χ4v) is 3.71. The van der Waals surface area contributed by atoms with Crippen molar-refractivity contribution in [3.05, 3.63) is 58.6 Å². The summed E-state index contributed by atoms with van der Waals surface area (Å²) in [6.45, 7) is 0.188. The Morgan fingerprint density at radius 2 is 1.80 bits per heavy atom. The van der Waals surface area contributed by atoms with Crippen LogP contribution in [0.5, 0.6) is 5.75 Å². The molecule has 2 aromatic rings. The number of ether oxygens (including phenoxy) is 2. The van der Waals surface area contributed by atoms with Crippen LogP contribution in [0.3, 0.4) is 0 Å². The van der Waals surface area contributed by atoms with Crippen LogP contribution in [0.25, 0.3) is 0 Å². The molecule has 8 heteroatoms. The molecular weight excluding hydrogens is 366 g/mol. The van der Waals surface area contributed by atoms with E-state index in [-0.39, 0.29) is 22.0 Å². The van der Waals surface area contributed by atoms with Crippen LogP contribution in [0.15, 0.2) is 47.4 Å². The molecule has 0 unspecified atom stereocenters. The Hall–Kier alpha value is -2.09. The summed E-state index contributed by atoms with van der Waals surface area (Å²) >= 11 is 5.97. The lowest BCUT2D eigenvalue weighted by atomic mass is 10.1. The number of esters is 1. The molecule has 25 heavy (non-hydrogen) atoms. The Morgan fingerprint density at radius 1 is 1.12 bits per heavy atom. The second kappa shape index (κ2) is 8.33. The van der Waals surface area contributed by atoms with Gasteiger partial charge in [-0.3, -0.25) is 0 Å². The Kier molecular flexibility index (Phi) is 6.41. The first kappa shape index (κ1) is 19.2. The fourth-order valence-electron chi connectivity index (χ4n) is 2.15. The van der Waals surface area contributed by atoms with E-state index < -0.39 is 16.0 Å². The van der Waals surface area contributed by atoms with Gasteiger partial charge in [0.1, 0.15) is 10.6 Å². The van der Waals surface area contributed by atoms with Gasteiger partial charge in [-0.05, 0) is 42.3 Å². The molecular formula is C17H18ClNO5S. The third-order valence-corrected chi connectivity index (χ3v) is 5.45. The van der Waals surface area contributed by atoms with Crippen molar-refractivity contribution in [3.8, 4) is 5.75 Å². The van der Waals surface area contributed by atoms with Crippen LogP contribution < -0.4 is 9.46 Å². The molecule has 2 rings (SSSR count). The molecule has 0 radical (unpaired) electrons. The summed E-state index contributed by atoms with van der Waals surface area (Å²) < 4.78 is 37.0. The number of carbonyl (C=O) groups excluding carboxylic acids is 1. The van der Waals surface area contributed by atoms with Crippen molar-refractivity contribution in [2.24, 2.45) is 0 Å². The van der Waals surface area contributed by atoms with Crippen molar-refractivity contribution in [2.75, 3.05) is 20.8 Å². The van der Waals surface area contributed by atoms with Crippen LogP contribution in [0.1, 0.15) is 15.9 Å². The Balaban J connectivity index is 2.09. The number of nitrogens with one attached hydrogen (secondary N) is 1. The van der Waals surface area contributed by atoms with E-state index in [2.05, 4.69) is 9.46 Å². The first-order chi connectivity index (χ1) is 11.9. The second-order valence-corrected chi connectivity index (χ2v) is 7.28. The number of sulfonamides is 1. The van der Waals surface area contributed by atoms with Gasteiger partial charge in [0.15, 0.2) is 0 Å². The highest BCUT2D eigenvalue weighted by atomic mass is 35.5. The van der Waals surface area contributed by atoms with Crippen molar-refractivity contribution in [1.29, 1.82) is 0 Å². The summed E-state index contributed by atoms with van der Waals surface area (Å²) in [7, 11) is -1.05. The summed E-state index contributed by atoms with van der Waals surface area (Å²) in [5.74, 6) is 0.0992. The molecule has 0 fully saturated rings. The van der Waals surface area contributed by atoms with Crippen molar-refractivity contribution < 1.29 is 22.7 Å². The van der Waals surface area contributed by atoms with Gasteiger partial charge in [0.2, 0.25) is 10.0 Å². The van der Waals surface area contributed by atoms with Gasteiger partial charge in [0, 0.05) is 6.54 Å². The first-order valence-electron chi connectivity index (χ1n) is 7.38. The molecule has 2 aromatic carbocycles. The standard InChI is InChI=1S/C17H18ClNO5S/c1-23-14-6-3-12(4-7-14)9-10-19-25(21,22)16-11-13(17(20)24-2)5-8-15(16)18/h3-8,11,19H,9-10H2,1-2H3. The minimum absolute atomic E-state index is 0.0320. The van der Waals surface area contributed by atoms with E-state index in [0.29, 0.717) is 6.42 Å². The summed E-state index contributed by atoms with van der Waals surface area (Å²) in [6, 6.07) is 11.3. The maximum atomic E-state index is 12.4. The Labute approximate surface area is 151 Å². The molecule has 0 aliphatic carbocycles. The fraction of sp³-hybridized carbons (Fsp3) is 0.235. The lowest BCUT2D eigenvalue weighted by Crippen LogP contribution is -2.26. The molecule has 0 spiro atoms. The van der Waals surface area contributed by atoms with E-state index in [1.165, 1.54) is 25.3 Å². The highest BCUT2D eigenvalue weighted by molar-refractivity contribution is 7.89. The van der Waals surface area contributed by atoms with Gasteiger partial charge in [0.05, 0.1) is 24.8 Å². The largest absolute Gasteiger partial charge is 0.497 e. The molecule has 0 saturated heterocycles. The van der Waals surface area contributed by atoms with E-state index in [0.717, 1.165) is 11.3 Å². The Bertz CT molecular complexity index is 850. The highest BCUT2D eigenvalue weighted by Gasteiger charge is 2.20. The minimum atomic E-state index is -3.85. The summed E-state index contributed by atoms with van der Waals surface area (Å²) in [4.78, 5) is 11.4. The van der Waals surface area contributed by atoms with Crippen molar-refractivity contribution in [3.63, 3.8) is 0 Å². The van der Waals surface area contributed by atoms with Crippen LogP contribution in [-0.2, 0) is 21.2 Å². The van der Waals surface area contributed by atoms with Crippen LogP contribution in [0, 0.1) is 0 Å². The zero-order chi connectivity index (χ0) is 18.4. The van der Waals surface area contributed by atoms with Gasteiger partial charge < -0.3 is 9.47 Å². The number of carbonyl (C=O) groups is 1. The predicted octanol–water partition coefficient (Wildman–Crippen LogP) is 2.66. The van der Waals surface area contributed by atoms with E-state index in [1.54, 1.807) is 19.2 Å². The quantitative estimate of drug-likeness (QED) is 0.743. The lowest BCUT2D eigenvalue weighted by molar-refractivity contribution is 0.0600. The molecule has 6 nitrogen and oxygen atoms in total. The maximum absolute atomic E-state index is 12.4. The zero-order valence-corrected chi connectivity index (χ0v) is 15.4. The van der Waals surface area contributed by atoms with Gasteiger partial charge >= 0.3 is 5.97 Å². The molecule has 0 heterocycles. The van der Waals surface area contributed by atoms with Crippen molar-refractivity contribution >= 4 is 27.6 Å². The predicted molar refractivity (Wildman–Crippen MR) is 94.7 cm³/mol. The summed E-state index contributed by atoms with van der Waals surface area (Å²) in [5.41, 5.74) is 1.07. The van der Waals surface area contributed by atoms with Crippen LogP contribution in [0.2, 0.25) is 5.02 Å². The summed E-state index contributed by atoms with van der Waals surface area (Å²) in [6.07, 6.45) is 0.498. The van der Waals surface area contributed by atoms with Crippen LogP contribution >= 0.6 is 11.6 Å². The zero-order valence-electron chi connectivity index (χ0n) is 13.8. The monoisotopic (exact) mass is 383 g/mol. The van der Waals surface area contributed by atoms with Gasteiger partial charge in [0.25, 0.3) is 0 Å². The number of methoxy groups -OCH3 is 2. The molecule has 1 N–H and O–H groups in total. The van der Waals surface area contributed by atoms with Gasteiger partial charge in [-0.1, -0.05) is 23.7 Å². The molecule has 0 amide bonds. The number of hydrogen-bond acceptors (Lipinski definition) is 5. The minimum Gasteiger partial charge on any atom is -0.497 e. The normalized spacial score (nSPS) is 11.2. The summed E-state index contributed by atoms with van der Waals surface area (Å²) in [5, 5.41) is 0.0320. The molecule has 0 aromatic heterocycles. The van der Waals surface area contributed by atoms with Crippen molar-refractivity contribution in [1.82, 2.24) is 4.72 Å². The number of benzene rings is 2. The van der Waals surface area contributed by atoms with Gasteiger partial charge in [-0.25, -0.2) is 17.9 Å². The van der Waals surface area contributed by atoms with Gasteiger partial charge in [-0.2, -0.15) is 0 Å². The van der Waals surface area contributed by atoms with E-state index in [1.807, 2.05) is 12.1 Å². The van der Waals surface area contributed by atoms with Gasteiger partial charge in [-0.15, -0.1) is 0 Å². The number of rotatable bonds is 7. The molecule has 0 aliphatic rings. The highest BCUT2D eigenvalue weighted by Crippen LogP contribution is 2.23. The van der Waals surface area contributed by atoms with E-state index >= 15 is 0 Å². The molecule has 0 atom stereocenters. The van der Waals surface area contributed by atoms with Crippen LogP contribution in [-0.4, -0.2) is 35.2 Å². The SMILES string of the molecule is COC(=O)c1ccc(Cl)c(S(=O)(=O)NCCc2ccc(OC)cc2)c1. The molecule has 0 saturated carbocycles. The number of halogens is 1. The third-order valence-electron chi connectivity index (χ3n) is 3.51. The average Bonchev–Trinajstić information content (AvgIpc) is 2.61. The lowest BCUT2D eigenvalue weighted by Gasteiger charge is -2.10. The Morgan fingerprint density at radius 3 is 2.40 bits per heavy atom. The third kappa shape index (κ3) is 4.94. The van der Waals surface area contributed by atoms with Crippen molar-refractivity contribution in [2.45, 2.75) is 11.3 Å². The van der Waals surface area contributed by atoms with E-state index in [9.17, 15) is 13.2 Å². The first-order valence-corrected chi connectivity index (χ1v) is 9.24. The molecule has 134 valence electrons. The van der Waals surface area contributed by atoms with E-state index in [4.69, 9.17) is 16.3 Å².